The Labute approximate surface area is 187 Å². The molecule has 1 aliphatic heterocycles. The smallest absolute Gasteiger partial charge is 0.322 e. The molecule has 0 aromatic rings. The van der Waals surface area contributed by atoms with Crippen LogP contribution in [0.4, 0.5) is 0 Å². The van der Waals surface area contributed by atoms with E-state index in [-0.39, 0.29) is 37.3 Å². The second-order valence-electron chi connectivity index (χ2n) is 7.62. The molecular weight excluding hydrogens is 420 g/mol. The van der Waals surface area contributed by atoms with Crippen molar-refractivity contribution in [2.24, 2.45) is 22.2 Å². The molecule has 1 fully saturated rings. The van der Waals surface area contributed by atoms with Gasteiger partial charge < -0.3 is 43.6 Å². The molecule has 0 spiro atoms. The summed E-state index contributed by atoms with van der Waals surface area (Å²) in [7, 11) is 0. The predicted octanol–water partition coefficient (Wildman–Crippen LogP) is -2.91. The van der Waals surface area contributed by atoms with Gasteiger partial charge in [-0.2, -0.15) is 0 Å². The standard InChI is InChI=1S/C19H36N8O5/c20-8-2-1-5-13(16(30)25-11-15(28)29)26-18(32)14(7-4-10-24-19(21)22)27-17(31)12-6-3-9-23-12/h12-14,23H,1-11,20H2,(H,25,30)(H,26,32)(H,27,31)(H,28,29)(H4,21,22,24). The van der Waals surface area contributed by atoms with Crippen molar-refractivity contribution in [2.75, 3.05) is 26.2 Å². The largest absolute Gasteiger partial charge is 0.480 e. The molecule has 0 saturated carbocycles. The molecule has 11 N–H and O–H groups in total. The van der Waals surface area contributed by atoms with E-state index in [1.807, 2.05) is 0 Å². The number of carboxylic acids is 1. The molecule has 3 unspecified atom stereocenters. The van der Waals surface area contributed by atoms with E-state index in [2.05, 4.69) is 26.3 Å². The van der Waals surface area contributed by atoms with Crippen LogP contribution in [0.3, 0.4) is 0 Å². The van der Waals surface area contributed by atoms with Crippen LogP contribution >= 0.6 is 0 Å². The van der Waals surface area contributed by atoms with Gasteiger partial charge in [-0.1, -0.05) is 0 Å². The minimum Gasteiger partial charge on any atom is -0.480 e. The van der Waals surface area contributed by atoms with Gasteiger partial charge in [0, 0.05) is 6.54 Å². The summed E-state index contributed by atoms with van der Waals surface area (Å²) in [5.74, 6) is -2.70. The molecule has 182 valence electrons. The lowest BCUT2D eigenvalue weighted by Crippen LogP contribution is -2.56. The van der Waals surface area contributed by atoms with E-state index in [1.54, 1.807) is 0 Å². The third-order valence-electron chi connectivity index (χ3n) is 4.95. The minimum atomic E-state index is -1.20. The summed E-state index contributed by atoms with van der Waals surface area (Å²) in [6.45, 7) is 0.874. The van der Waals surface area contributed by atoms with Gasteiger partial charge in [0.25, 0.3) is 0 Å². The molecule has 3 amide bonds. The molecule has 13 nitrogen and oxygen atoms in total. The van der Waals surface area contributed by atoms with Crippen LogP contribution in [0.5, 0.6) is 0 Å². The lowest BCUT2D eigenvalue weighted by molar-refractivity contribution is -0.138. The van der Waals surface area contributed by atoms with Gasteiger partial charge in [-0.3, -0.25) is 24.2 Å². The average molecular weight is 457 g/mol. The molecule has 1 saturated heterocycles. The summed E-state index contributed by atoms with van der Waals surface area (Å²) in [4.78, 5) is 52.5. The van der Waals surface area contributed by atoms with Gasteiger partial charge in [-0.15, -0.1) is 0 Å². The number of unbranched alkanes of at least 4 members (excludes halogenated alkanes) is 1. The number of aliphatic imine (C=N–C) groups is 1. The highest BCUT2D eigenvalue weighted by atomic mass is 16.4. The number of nitrogens with one attached hydrogen (secondary N) is 4. The number of rotatable bonds is 15. The Morgan fingerprint density at radius 1 is 1.03 bits per heavy atom. The normalized spacial score (nSPS) is 17.1. The average Bonchev–Trinajstić information content (AvgIpc) is 3.28. The molecule has 1 aliphatic rings. The first kappa shape index (κ1) is 27.1. The Balaban J connectivity index is 2.82. The summed E-state index contributed by atoms with van der Waals surface area (Å²) >= 11 is 0. The van der Waals surface area contributed by atoms with Gasteiger partial charge in [-0.05, 0) is 58.0 Å². The number of amides is 3. The molecule has 1 heterocycles. The highest BCUT2D eigenvalue weighted by molar-refractivity contribution is 5.93. The number of carbonyl (C=O) groups excluding carboxylic acids is 3. The number of guanidine groups is 1. The molecule has 0 aromatic heterocycles. The number of carboxylic acid groups (broad SMARTS) is 1. The zero-order chi connectivity index (χ0) is 23.9. The highest BCUT2D eigenvalue weighted by Gasteiger charge is 2.29. The van der Waals surface area contributed by atoms with Crippen molar-refractivity contribution in [1.82, 2.24) is 21.3 Å². The van der Waals surface area contributed by atoms with Crippen LogP contribution in [-0.2, 0) is 19.2 Å². The minimum absolute atomic E-state index is 0.0692. The number of nitrogens with two attached hydrogens (primary N) is 3. The third kappa shape index (κ3) is 10.9. The molecule has 0 aromatic carbocycles. The first-order chi connectivity index (χ1) is 15.2. The first-order valence-electron chi connectivity index (χ1n) is 10.8. The summed E-state index contributed by atoms with van der Waals surface area (Å²) in [6, 6.07) is -2.22. The maximum atomic E-state index is 13.0. The molecule has 1 rings (SSSR count). The lowest BCUT2D eigenvalue weighted by Gasteiger charge is -2.24. The lowest BCUT2D eigenvalue weighted by atomic mass is 10.1. The molecule has 32 heavy (non-hydrogen) atoms. The van der Waals surface area contributed by atoms with E-state index in [9.17, 15) is 19.2 Å². The molecule has 0 aliphatic carbocycles. The van der Waals surface area contributed by atoms with Crippen LogP contribution < -0.4 is 38.5 Å². The van der Waals surface area contributed by atoms with E-state index < -0.39 is 36.4 Å². The number of hydrogen-bond acceptors (Lipinski definition) is 7. The van der Waals surface area contributed by atoms with Crippen LogP contribution in [0.2, 0.25) is 0 Å². The van der Waals surface area contributed by atoms with Gasteiger partial charge >= 0.3 is 5.97 Å². The summed E-state index contributed by atoms with van der Waals surface area (Å²) in [5.41, 5.74) is 16.1. The predicted molar refractivity (Wildman–Crippen MR) is 118 cm³/mol. The molecule has 13 heteroatoms. The number of aliphatic carboxylic acids is 1. The van der Waals surface area contributed by atoms with Gasteiger partial charge in [0.05, 0.1) is 6.04 Å². The number of hydrogen-bond donors (Lipinski definition) is 8. The van der Waals surface area contributed by atoms with E-state index in [0.717, 1.165) is 13.0 Å². The Kier molecular flexibility index (Phi) is 12.7. The van der Waals surface area contributed by atoms with E-state index in [4.69, 9.17) is 22.3 Å². The van der Waals surface area contributed by atoms with Crippen molar-refractivity contribution in [3.05, 3.63) is 0 Å². The fraction of sp³-hybridized carbons (Fsp3) is 0.737. The zero-order valence-electron chi connectivity index (χ0n) is 18.3. The van der Waals surface area contributed by atoms with Crippen LogP contribution in [-0.4, -0.2) is 79.1 Å². The van der Waals surface area contributed by atoms with E-state index in [0.29, 0.717) is 32.2 Å². The summed E-state index contributed by atoms with van der Waals surface area (Å²) in [5, 5.41) is 19.5. The van der Waals surface area contributed by atoms with Crippen molar-refractivity contribution in [2.45, 2.75) is 63.1 Å². The first-order valence-corrected chi connectivity index (χ1v) is 10.8. The zero-order valence-corrected chi connectivity index (χ0v) is 18.3. The summed E-state index contributed by atoms with van der Waals surface area (Å²) in [6.07, 6.45) is 3.72. The third-order valence-corrected chi connectivity index (χ3v) is 4.95. The molecule has 3 atom stereocenters. The number of nitrogens with zero attached hydrogens (tertiary/aromatic N) is 1. The van der Waals surface area contributed by atoms with Crippen LogP contribution in [0.25, 0.3) is 0 Å². The SMILES string of the molecule is NCCCCC(NC(=O)C(CCCN=C(N)N)NC(=O)C1CCCN1)C(=O)NCC(=O)O. The second-order valence-corrected chi connectivity index (χ2v) is 7.62. The van der Waals surface area contributed by atoms with Gasteiger partial charge in [0.2, 0.25) is 17.7 Å². The Morgan fingerprint density at radius 2 is 1.72 bits per heavy atom. The maximum absolute atomic E-state index is 13.0. The van der Waals surface area contributed by atoms with Crippen molar-refractivity contribution in [1.29, 1.82) is 0 Å². The number of carbonyl (C=O) groups is 4. The van der Waals surface area contributed by atoms with Crippen molar-refractivity contribution in [3.63, 3.8) is 0 Å². The quantitative estimate of drug-likeness (QED) is 0.0716. The van der Waals surface area contributed by atoms with E-state index >= 15 is 0 Å². The Bertz CT molecular complexity index is 662. The highest BCUT2D eigenvalue weighted by Crippen LogP contribution is 2.08. The van der Waals surface area contributed by atoms with Gasteiger partial charge in [0.15, 0.2) is 5.96 Å². The van der Waals surface area contributed by atoms with E-state index in [1.165, 1.54) is 0 Å². The topological polar surface area (TPSA) is 227 Å². The fourth-order valence-corrected chi connectivity index (χ4v) is 3.27. The van der Waals surface area contributed by atoms with Crippen molar-refractivity contribution in [3.8, 4) is 0 Å². The Hall–Kier alpha value is -2.93. The second kappa shape index (κ2) is 15.0. The fourth-order valence-electron chi connectivity index (χ4n) is 3.27. The van der Waals surface area contributed by atoms with Gasteiger partial charge in [0.1, 0.15) is 18.6 Å². The van der Waals surface area contributed by atoms with Crippen LogP contribution in [0, 0.1) is 0 Å². The van der Waals surface area contributed by atoms with Crippen molar-refractivity contribution >= 4 is 29.7 Å². The van der Waals surface area contributed by atoms with Crippen LogP contribution in [0.15, 0.2) is 4.99 Å². The Morgan fingerprint density at radius 3 is 2.31 bits per heavy atom. The molecule has 0 radical (unpaired) electrons. The van der Waals surface area contributed by atoms with Crippen LogP contribution in [0.1, 0.15) is 44.9 Å². The van der Waals surface area contributed by atoms with Crippen molar-refractivity contribution < 1.29 is 24.3 Å². The maximum Gasteiger partial charge on any atom is 0.322 e. The molecular formula is C19H36N8O5. The van der Waals surface area contributed by atoms with Gasteiger partial charge in [-0.25, -0.2) is 0 Å². The summed E-state index contributed by atoms with van der Waals surface area (Å²) < 4.78 is 0. The monoisotopic (exact) mass is 456 g/mol. The molecule has 0 bridgehead atoms.